The summed E-state index contributed by atoms with van der Waals surface area (Å²) in [7, 11) is 0. The molecule has 1 aliphatic heterocycles. The number of carbonyl (C=O) groups is 2. The molecule has 8 heteroatoms. The molecular weight excluding hydrogens is 433 g/mol. The number of anilines is 2. The van der Waals surface area contributed by atoms with Gasteiger partial charge in [0, 0.05) is 42.7 Å². The van der Waals surface area contributed by atoms with Gasteiger partial charge in [0.2, 0.25) is 5.91 Å². The molecule has 1 fully saturated rings. The summed E-state index contributed by atoms with van der Waals surface area (Å²) >= 11 is 18.1. The van der Waals surface area contributed by atoms with E-state index < -0.39 is 0 Å². The monoisotopic (exact) mass is 453 g/mol. The molecule has 154 valence electrons. The van der Waals surface area contributed by atoms with Crippen molar-refractivity contribution in [2.45, 2.75) is 13.8 Å². The zero-order valence-electron chi connectivity index (χ0n) is 16.2. The van der Waals surface area contributed by atoms with E-state index in [1.54, 1.807) is 24.3 Å². The van der Waals surface area contributed by atoms with Crippen molar-refractivity contribution in [2.75, 3.05) is 36.4 Å². The molecule has 1 saturated heterocycles. The zero-order valence-corrected chi connectivity index (χ0v) is 18.5. The first-order valence-corrected chi connectivity index (χ1v) is 10.5. The number of rotatable bonds is 4. The number of nitrogens with zero attached hydrogens (tertiary/aromatic N) is 2. The minimum atomic E-state index is -0.305. The van der Waals surface area contributed by atoms with Crippen LogP contribution in [0.1, 0.15) is 24.2 Å². The molecule has 0 radical (unpaired) electrons. The van der Waals surface area contributed by atoms with Gasteiger partial charge in [-0.05, 0) is 36.4 Å². The van der Waals surface area contributed by atoms with Crippen LogP contribution in [0.15, 0.2) is 36.4 Å². The van der Waals surface area contributed by atoms with Gasteiger partial charge in [0.25, 0.3) is 5.91 Å². The Morgan fingerprint density at radius 1 is 0.931 bits per heavy atom. The van der Waals surface area contributed by atoms with Crippen molar-refractivity contribution in [3.05, 3.63) is 57.0 Å². The maximum atomic E-state index is 12.7. The number of carbonyl (C=O) groups excluding carboxylic acids is 2. The lowest BCUT2D eigenvalue weighted by atomic mass is 10.1. The van der Waals surface area contributed by atoms with Crippen LogP contribution >= 0.6 is 34.8 Å². The molecule has 0 bridgehead atoms. The molecule has 3 rings (SSSR count). The molecule has 0 atom stereocenters. The molecule has 5 nitrogen and oxygen atoms in total. The predicted octanol–water partition coefficient (Wildman–Crippen LogP) is 5.20. The predicted molar refractivity (Wildman–Crippen MR) is 119 cm³/mol. The highest BCUT2D eigenvalue weighted by molar-refractivity contribution is 6.42. The number of piperazine rings is 1. The molecule has 1 N–H and O–H groups in total. The Morgan fingerprint density at radius 2 is 1.62 bits per heavy atom. The molecule has 2 aromatic rings. The van der Waals surface area contributed by atoms with E-state index in [0.717, 1.165) is 5.69 Å². The first kappa shape index (κ1) is 21.8. The van der Waals surface area contributed by atoms with Crippen LogP contribution in [0.2, 0.25) is 15.1 Å². The van der Waals surface area contributed by atoms with Gasteiger partial charge in [0.05, 0.1) is 21.4 Å². The van der Waals surface area contributed by atoms with Crippen LogP contribution in [0.4, 0.5) is 11.4 Å². The molecule has 0 unspecified atom stereocenters. The van der Waals surface area contributed by atoms with Gasteiger partial charge in [-0.15, -0.1) is 0 Å². The maximum absolute atomic E-state index is 12.7. The number of amides is 2. The summed E-state index contributed by atoms with van der Waals surface area (Å²) < 4.78 is 0. The van der Waals surface area contributed by atoms with Gasteiger partial charge in [-0.1, -0.05) is 48.7 Å². The average molecular weight is 455 g/mol. The third-order valence-corrected chi connectivity index (χ3v) is 5.79. The van der Waals surface area contributed by atoms with E-state index in [0.29, 0.717) is 52.5 Å². The van der Waals surface area contributed by atoms with E-state index in [-0.39, 0.29) is 17.7 Å². The lowest BCUT2D eigenvalue weighted by Gasteiger charge is -2.37. The fourth-order valence-corrected chi connectivity index (χ4v) is 3.72. The van der Waals surface area contributed by atoms with Crippen molar-refractivity contribution in [1.82, 2.24) is 4.90 Å². The van der Waals surface area contributed by atoms with E-state index in [2.05, 4.69) is 10.2 Å². The average Bonchev–Trinajstić information content (AvgIpc) is 2.69. The summed E-state index contributed by atoms with van der Waals surface area (Å²) in [5.74, 6) is -0.160. The van der Waals surface area contributed by atoms with Crippen molar-refractivity contribution >= 4 is 58.0 Å². The quantitative estimate of drug-likeness (QED) is 0.690. The minimum Gasteiger partial charge on any atom is -0.366 e. The second kappa shape index (κ2) is 9.24. The topological polar surface area (TPSA) is 52.7 Å². The molecule has 1 heterocycles. The van der Waals surface area contributed by atoms with Crippen LogP contribution in [-0.2, 0) is 4.79 Å². The fourth-order valence-electron chi connectivity index (χ4n) is 3.25. The van der Waals surface area contributed by atoms with Crippen molar-refractivity contribution < 1.29 is 9.59 Å². The lowest BCUT2D eigenvalue weighted by Crippen LogP contribution is -2.50. The van der Waals surface area contributed by atoms with E-state index in [9.17, 15) is 9.59 Å². The maximum Gasteiger partial charge on any atom is 0.255 e. The van der Waals surface area contributed by atoms with Crippen LogP contribution < -0.4 is 10.2 Å². The summed E-state index contributed by atoms with van der Waals surface area (Å²) in [6.45, 7) is 6.44. The number of nitrogens with one attached hydrogen (secondary N) is 1. The highest BCUT2D eigenvalue weighted by Crippen LogP contribution is 2.31. The van der Waals surface area contributed by atoms with E-state index in [1.807, 2.05) is 24.8 Å². The Kier molecular flexibility index (Phi) is 6.93. The van der Waals surface area contributed by atoms with Gasteiger partial charge >= 0.3 is 0 Å². The Morgan fingerprint density at radius 3 is 2.24 bits per heavy atom. The lowest BCUT2D eigenvalue weighted by molar-refractivity contribution is -0.134. The smallest absolute Gasteiger partial charge is 0.255 e. The largest absolute Gasteiger partial charge is 0.366 e. The normalized spacial score (nSPS) is 14.3. The van der Waals surface area contributed by atoms with Crippen molar-refractivity contribution in [1.29, 1.82) is 0 Å². The second-order valence-electron chi connectivity index (χ2n) is 7.21. The van der Waals surface area contributed by atoms with Gasteiger partial charge in [-0.3, -0.25) is 9.59 Å². The summed E-state index contributed by atoms with van der Waals surface area (Å²) in [6, 6.07) is 10.1. The van der Waals surface area contributed by atoms with Crippen LogP contribution in [0.25, 0.3) is 0 Å². The number of hydrogen-bond acceptors (Lipinski definition) is 3. The van der Waals surface area contributed by atoms with Crippen LogP contribution in [0.5, 0.6) is 0 Å². The molecule has 0 spiro atoms. The first-order chi connectivity index (χ1) is 13.8. The van der Waals surface area contributed by atoms with E-state index in [1.165, 1.54) is 6.07 Å². The molecular formula is C21H22Cl3N3O2. The number of halogens is 3. The van der Waals surface area contributed by atoms with Crippen molar-refractivity contribution in [3.63, 3.8) is 0 Å². The Bertz CT molecular complexity index is 925. The zero-order chi connectivity index (χ0) is 21.1. The van der Waals surface area contributed by atoms with E-state index in [4.69, 9.17) is 34.8 Å². The fraction of sp³-hybridized carbons (Fsp3) is 0.333. The van der Waals surface area contributed by atoms with Crippen LogP contribution in [0.3, 0.4) is 0 Å². The number of benzene rings is 2. The van der Waals surface area contributed by atoms with Gasteiger partial charge < -0.3 is 15.1 Å². The second-order valence-corrected chi connectivity index (χ2v) is 8.46. The molecule has 1 aliphatic rings. The number of hydrogen-bond donors (Lipinski definition) is 1. The summed E-state index contributed by atoms with van der Waals surface area (Å²) in [6.07, 6.45) is 0. The van der Waals surface area contributed by atoms with Gasteiger partial charge in [-0.25, -0.2) is 0 Å². The highest BCUT2D eigenvalue weighted by atomic mass is 35.5. The SMILES string of the molecule is CC(C)C(=O)N1CCN(c2ccc(Cl)cc2NC(=O)c2ccc(Cl)c(Cl)c2)CC1. The summed E-state index contributed by atoms with van der Waals surface area (Å²) in [4.78, 5) is 29.0. The summed E-state index contributed by atoms with van der Waals surface area (Å²) in [5.41, 5.74) is 1.87. The third-order valence-electron chi connectivity index (χ3n) is 4.81. The van der Waals surface area contributed by atoms with Crippen LogP contribution in [0, 0.1) is 5.92 Å². The first-order valence-electron chi connectivity index (χ1n) is 9.36. The molecule has 0 aliphatic carbocycles. The molecule has 2 amide bonds. The highest BCUT2D eigenvalue weighted by Gasteiger charge is 2.24. The van der Waals surface area contributed by atoms with Gasteiger partial charge in [0.15, 0.2) is 0 Å². The van der Waals surface area contributed by atoms with Crippen LogP contribution in [-0.4, -0.2) is 42.9 Å². The van der Waals surface area contributed by atoms with Crippen molar-refractivity contribution in [3.8, 4) is 0 Å². The standard InChI is InChI=1S/C21H22Cl3N3O2/c1-13(2)21(29)27-9-7-26(8-10-27)19-6-4-15(22)12-18(19)25-20(28)14-3-5-16(23)17(24)11-14/h3-6,11-13H,7-10H2,1-2H3,(H,25,28). The molecule has 0 saturated carbocycles. The molecule has 0 aromatic heterocycles. The Hall–Kier alpha value is -1.95. The third kappa shape index (κ3) is 5.16. The summed E-state index contributed by atoms with van der Waals surface area (Å²) in [5, 5.41) is 4.14. The Labute approximate surface area is 185 Å². The van der Waals surface area contributed by atoms with Gasteiger partial charge in [0.1, 0.15) is 0 Å². The van der Waals surface area contributed by atoms with Crippen molar-refractivity contribution in [2.24, 2.45) is 5.92 Å². The minimum absolute atomic E-state index is 0.0156. The van der Waals surface area contributed by atoms with E-state index >= 15 is 0 Å². The molecule has 2 aromatic carbocycles. The Balaban J connectivity index is 1.77. The molecule has 29 heavy (non-hydrogen) atoms. The van der Waals surface area contributed by atoms with Gasteiger partial charge in [-0.2, -0.15) is 0 Å².